The van der Waals surface area contributed by atoms with Crippen molar-refractivity contribution in [2.75, 3.05) is 13.7 Å². The van der Waals surface area contributed by atoms with Gasteiger partial charge in [0.05, 0.1) is 6.61 Å². The quantitative estimate of drug-likeness (QED) is 0.845. The van der Waals surface area contributed by atoms with Crippen LogP contribution in [0.4, 0.5) is 0 Å². The summed E-state index contributed by atoms with van der Waals surface area (Å²) < 4.78 is 7.32. The van der Waals surface area contributed by atoms with Crippen molar-refractivity contribution >= 4 is 17.2 Å². The van der Waals surface area contributed by atoms with E-state index in [4.69, 9.17) is 4.74 Å². The van der Waals surface area contributed by atoms with E-state index < -0.39 is 0 Å². The van der Waals surface area contributed by atoms with Gasteiger partial charge in [-0.1, -0.05) is 25.7 Å². The highest BCUT2D eigenvalue weighted by Gasteiger charge is 2.53. The molecule has 128 valence electrons. The molecule has 3 atom stereocenters. The summed E-state index contributed by atoms with van der Waals surface area (Å²) in [5, 5.41) is 0. The lowest BCUT2D eigenvalue weighted by atomic mass is 10.0. The van der Waals surface area contributed by atoms with Gasteiger partial charge in [-0.05, 0) is 38.5 Å². The zero-order chi connectivity index (χ0) is 16.4. The van der Waals surface area contributed by atoms with Crippen LogP contribution in [0.5, 0.6) is 0 Å². The molecule has 0 bridgehead atoms. The van der Waals surface area contributed by atoms with Crippen molar-refractivity contribution in [3.63, 3.8) is 0 Å². The Morgan fingerprint density at radius 3 is 2.48 bits per heavy atom. The van der Waals surface area contributed by atoms with Crippen LogP contribution in [0.25, 0.3) is 0 Å². The minimum Gasteiger partial charge on any atom is -0.383 e. The van der Waals surface area contributed by atoms with Gasteiger partial charge in [-0.25, -0.2) is 0 Å². The van der Waals surface area contributed by atoms with E-state index in [0.29, 0.717) is 18.4 Å². The maximum absolute atomic E-state index is 12.7. The molecule has 5 heteroatoms. The maximum Gasteiger partial charge on any atom is 0.252 e. The number of aryl methyl sites for hydroxylation is 1. The van der Waals surface area contributed by atoms with E-state index in [9.17, 15) is 4.79 Å². The molecule has 4 nitrogen and oxygen atoms in total. The summed E-state index contributed by atoms with van der Waals surface area (Å²) in [6.45, 7) is 5.59. The van der Waals surface area contributed by atoms with Crippen LogP contribution in [-0.2, 0) is 16.1 Å². The molecule has 0 N–H and O–H groups in total. The minimum atomic E-state index is 0.120. The number of carbonyl (C=O) groups is 1. The molecule has 23 heavy (non-hydrogen) atoms. The van der Waals surface area contributed by atoms with Gasteiger partial charge in [0, 0.05) is 30.1 Å². The van der Waals surface area contributed by atoms with Gasteiger partial charge in [0.25, 0.3) is 5.91 Å². The Balaban J connectivity index is 1.78. The predicted octanol–water partition coefficient (Wildman–Crippen LogP) is 3.46. The average molecular weight is 337 g/mol. The molecule has 3 rings (SSSR count). The summed E-state index contributed by atoms with van der Waals surface area (Å²) in [6, 6.07) is 0. The van der Waals surface area contributed by atoms with E-state index in [0.717, 1.165) is 11.3 Å². The second kappa shape index (κ2) is 7.31. The Kier molecular flexibility index (Phi) is 5.37. The van der Waals surface area contributed by atoms with Gasteiger partial charge >= 0.3 is 0 Å². The third kappa shape index (κ3) is 3.61. The average Bonchev–Trinajstić information content (AvgIpc) is 3.10. The van der Waals surface area contributed by atoms with E-state index in [2.05, 4.69) is 23.4 Å². The number of amides is 1. The molecule has 2 fully saturated rings. The standard InChI is InChI=1S/C18H28N2O2S/c1-12-13(2)23-18(20(12)10-11-22-3)19-17(21)16-14-8-6-4-5-7-9-15(14)16/h14-16H,4-11H2,1-3H3/t14-,15+,16-. The van der Waals surface area contributed by atoms with E-state index in [1.54, 1.807) is 18.4 Å². The van der Waals surface area contributed by atoms with Crippen LogP contribution in [0.3, 0.4) is 0 Å². The van der Waals surface area contributed by atoms with E-state index in [1.807, 2.05) is 0 Å². The van der Waals surface area contributed by atoms with Crippen LogP contribution in [-0.4, -0.2) is 24.2 Å². The number of carbonyl (C=O) groups excluding carboxylic acids is 1. The molecule has 0 unspecified atom stereocenters. The van der Waals surface area contributed by atoms with Crippen LogP contribution in [0, 0.1) is 31.6 Å². The first-order valence-electron chi connectivity index (χ1n) is 8.88. The molecule has 2 saturated carbocycles. The van der Waals surface area contributed by atoms with Crippen molar-refractivity contribution in [3.05, 3.63) is 15.4 Å². The van der Waals surface area contributed by atoms with Gasteiger partial charge in [-0.2, -0.15) is 4.99 Å². The third-order valence-electron chi connectivity index (χ3n) is 5.56. The highest BCUT2D eigenvalue weighted by Crippen LogP contribution is 2.54. The fourth-order valence-corrected chi connectivity index (χ4v) is 5.02. The smallest absolute Gasteiger partial charge is 0.252 e. The lowest BCUT2D eigenvalue weighted by molar-refractivity contribution is -0.119. The van der Waals surface area contributed by atoms with Crippen molar-refractivity contribution in [1.29, 1.82) is 0 Å². The molecule has 1 amide bonds. The maximum atomic E-state index is 12.7. The van der Waals surface area contributed by atoms with E-state index >= 15 is 0 Å². The molecule has 0 aromatic carbocycles. The molecule has 0 aliphatic heterocycles. The van der Waals surface area contributed by atoms with Crippen LogP contribution in [0.1, 0.15) is 49.1 Å². The Labute approximate surface area is 142 Å². The van der Waals surface area contributed by atoms with Crippen molar-refractivity contribution in [1.82, 2.24) is 4.57 Å². The van der Waals surface area contributed by atoms with Crippen molar-refractivity contribution in [2.45, 2.75) is 58.9 Å². The monoisotopic (exact) mass is 336 g/mol. The molecule has 1 aromatic rings. The summed E-state index contributed by atoms with van der Waals surface area (Å²) >= 11 is 1.63. The molecule has 2 aliphatic carbocycles. The van der Waals surface area contributed by atoms with Gasteiger partial charge in [0.1, 0.15) is 0 Å². The number of aromatic nitrogens is 1. The lowest BCUT2D eigenvalue weighted by Gasteiger charge is -2.05. The Morgan fingerprint density at radius 2 is 1.87 bits per heavy atom. The summed E-state index contributed by atoms with van der Waals surface area (Å²) in [4.78, 5) is 19.3. The van der Waals surface area contributed by atoms with Gasteiger partial charge < -0.3 is 9.30 Å². The number of hydrogen-bond donors (Lipinski definition) is 0. The number of rotatable bonds is 4. The van der Waals surface area contributed by atoms with Crippen molar-refractivity contribution < 1.29 is 9.53 Å². The fraction of sp³-hybridized carbons (Fsp3) is 0.778. The van der Waals surface area contributed by atoms with Crippen LogP contribution in [0.15, 0.2) is 4.99 Å². The normalized spacial score (nSPS) is 28.1. The molecular formula is C18H28N2O2S. The van der Waals surface area contributed by atoms with Gasteiger partial charge in [-0.15, -0.1) is 11.3 Å². The number of fused-ring (bicyclic) bond motifs is 1. The Morgan fingerprint density at radius 1 is 1.22 bits per heavy atom. The molecule has 2 aliphatic rings. The van der Waals surface area contributed by atoms with Crippen LogP contribution in [0.2, 0.25) is 0 Å². The fourth-order valence-electron chi connectivity index (χ4n) is 4.01. The first-order chi connectivity index (χ1) is 11.1. The zero-order valence-electron chi connectivity index (χ0n) is 14.5. The SMILES string of the molecule is COCCn1c(C)c(C)sc1=NC(=O)[C@@H]1[C@@H]2CCCCCC[C@@H]21. The first kappa shape index (κ1) is 16.9. The molecule has 1 aromatic heterocycles. The summed E-state index contributed by atoms with van der Waals surface area (Å²) in [7, 11) is 1.71. The second-order valence-corrected chi connectivity index (χ2v) is 8.15. The van der Waals surface area contributed by atoms with Crippen molar-refractivity contribution in [2.24, 2.45) is 22.7 Å². The predicted molar refractivity (Wildman–Crippen MR) is 92.4 cm³/mol. The molecule has 0 radical (unpaired) electrons. The highest BCUT2D eigenvalue weighted by atomic mass is 32.1. The first-order valence-corrected chi connectivity index (χ1v) is 9.69. The third-order valence-corrected chi connectivity index (χ3v) is 6.65. The molecule has 0 spiro atoms. The number of ether oxygens (including phenoxy) is 1. The van der Waals surface area contributed by atoms with Gasteiger partial charge in [-0.3, -0.25) is 4.79 Å². The Bertz CT molecular complexity index is 617. The largest absolute Gasteiger partial charge is 0.383 e. The van der Waals surface area contributed by atoms with Gasteiger partial charge in [0.15, 0.2) is 4.80 Å². The second-order valence-electron chi connectivity index (χ2n) is 6.97. The lowest BCUT2D eigenvalue weighted by Crippen LogP contribution is -2.21. The minimum absolute atomic E-state index is 0.120. The highest BCUT2D eigenvalue weighted by molar-refractivity contribution is 7.09. The van der Waals surface area contributed by atoms with Gasteiger partial charge in [0.2, 0.25) is 0 Å². The van der Waals surface area contributed by atoms with E-state index in [1.165, 1.54) is 49.1 Å². The summed E-state index contributed by atoms with van der Waals surface area (Å²) in [6.07, 6.45) is 7.70. The van der Waals surface area contributed by atoms with Crippen LogP contribution < -0.4 is 4.80 Å². The summed E-state index contributed by atoms with van der Waals surface area (Å²) in [5.41, 5.74) is 1.19. The van der Waals surface area contributed by atoms with Crippen LogP contribution >= 0.6 is 11.3 Å². The Hall–Kier alpha value is -0.940. The zero-order valence-corrected chi connectivity index (χ0v) is 15.3. The number of methoxy groups -OCH3 is 1. The topological polar surface area (TPSA) is 43.6 Å². The number of thiazole rings is 1. The molecular weight excluding hydrogens is 308 g/mol. The van der Waals surface area contributed by atoms with Crippen molar-refractivity contribution in [3.8, 4) is 0 Å². The molecule has 1 heterocycles. The summed E-state index contributed by atoms with van der Waals surface area (Å²) in [5.74, 6) is 1.54. The number of nitrogens with zero attached hydrogens (tertiary/aromatic N) is 2. The number of hydrogen-bond acceptors (Lipinski definition) is 3. The molecule has 0 saturated heterocycles. The van der Waals surface area contributed by atoms with E-state index in [-0.39, 0.29) is 11.8 Å².